The molecule has 0 spiro atoms. The summed E-state index contributed by atoms with van der Waals surface area (Å²) in [5, 5.41) is 10.2. The van der Waals surface area contributed by atoms with E-state index in [9.17, 15) is 14.7 Å². The molecule has 0 saturated carbocycles. The Hall–Kier alpha value is -2.30. The first-order valence-corrected chi connectivity index (χ1v) is 7.53. The van der Waals surface area contributed by atoms with Gasteiger partial charge in [0.05, 0.1) is 5.56 Å². The van der Waals surface area contributed by atoms with Crippen LogP contribution in [0.4, 0.5) is 0 Å². The highest BCUT2D eigenvalue weighted by atomic mass is 16.4. The first kappa shape index (κ1) is 14.6. The number of carboxylic acid groups (broad SMARTS) is 1. The summed E-state index contributed by atoms with van der Waals surface area (Å²) in [5.74, 6) is -1.23. The molecule has 1 aliphatic rings. The second-order valence-corrected chi connectivity index (χ2v) is 5.97. The Labute approximate surface area is 128 Å². The van der Waals surface area contributed by atoms with E-state index in [1.807, 2.05) is 25.1 Å². The van der Waals surface area contributed by atoms with Gasteiger partial charge in [0.15, 0.2) is 0 Å². The standard InChI is InChI=1S/C17H19NO4/c1-3-11-5-6-14-12(9-11)13(10-22-14)15(19)18-8-4-7-17(18,2)16(20)21/h5-6,9-10H,3-4,7-8H2,1-2H3,(H,20,21). The van der Waals surface area contributed by atoms with Gasteiger partial charge in [0.1, 0.15) is 17.4 Å². The molecule has 3 rings (SSSR count). The number of furan rings is 1. The van der Waals surface area contributed by atoms with E-state index in [0.717, 1.165) is 17.4 Å². The second kappa shape index (κ2) is 5.16. The van der Waals surface area contributed by atoms with Crippen LogP contribution in [0, 0.1) is 0 Å². The smallest absolute Gasteiger partial charge is 0.329 e. The molecule has 2 heterocycles. The predicted octanol–water partition coefficient (Wildman–Crippen LogP) is 3.07. The molecule has 1 fully saturated rings. The van der Waals surface area contributed by atoms with Gasteiger partial charge in [0.25, 0.3) is 5.91 Å². The van der Waals surface area contributed by atoms with Crippen molar-refractivity contribution in [2.45, 2.75) is 38.6 Å². The Bertz CT molecular complexity index is 748. The molecule has 1 saturated heterocycles. The number of fused-ring (bicyclic) bond motifs is 1. The number of benzene rings is 1. The fourth-order valence-electron chi connectivity index (χ4n) is 3.12. The SMILES string of the molecule is CCc1ccc2occ(C(=O)N3CCCC3(C)C(=O)O)c2c1. The molecule has 1 unspecified atom stereocenters. The van der Waals surface area contributed by atoms with E-state index in [1.54, 1.807) is 6.92 Å². The number of amides is 1. The Kier molecular flexibility index (Phi) is 3.43. The topological polar surface area (TPSA) is 70.8 Å². The first-order chi connectivity index (χ1) is 10.5. The molecule has 0 bridgehead atoms. The highest BCUT2D eigenvalue weighted by molar-refractivity contribution is 6.07. The lowest BCUT2D eigenvalue weighted by Gasteiger charge is -2.30. The van der Waals surface area contributed by atoms with Gasteiger partial charge in [-0.3, -0.25) is 4.79 Å². The van der Waals surface area contributed by atoms with Crippen molar-refractivity contribution in [1.82, 2.24) is 4.90 Å². The molecule has 1 aromatic heterocycles. The molecule has 0 aliphatic carbocycles. The lowest BCUT2D eigenvalue weighted by atomic mass is 9.98. The average Bonchev–Trinajstić information content (AvgIpc) is 3.10. The van der Waals surface area contributed by atoms with Crippen molar-refractivity contribution in [2.24, 2.45) is 0 Å². The van der Waals surface area contributed by atoms with Crippen LogP contribution < -0.4 is 0 Å². The molecule has 1 aromatic carbocycles. The maximum Gasteiger partial charge on any atom is 0.329 e. The number of aliphatic carboxylic acids is 1. The summed E-state index contributed by atoms with van der Waals surface area (Å²) in [5.41, 5.74) is 1.07. The van der Waals surface area contributed by atoms with Crippen molar-refractivity contribution < 1.29 is 19.1 Å². The van der Waals surface area contributed by atoms with Gasteiger partial charge >= 0.3 is 5.97 Å². The summed E-state index contributed by atoms with van der Waals surface area (Å²) in [7, 11) is 0. The number of carbonyl (C=O) groups is 2. The van der Waals surface area contributed by atoms with E-state index in [0.29, 0.717) is 30.5 Å². The van der Waals surface area contributed by atoms with Crippen LogP contribution in [0.5, 0.6) is 0 Å². The first-order valence-electron chi connectivity index (χ1n) is 7.53. The van der Waals surface area contributed by atoms with E-state index >= 15 is 0 Å². The highest BCUT2D eigenvalue weighted by Gasteiger charge is 2.46. The van der Waals surface area contributed by atoms with Crippen molar-refractivity contribution in [1.29, 1.82) is 0 Å². The van der Waals surface area contributed by atoms with Crippen LogP contribution >= 0.6 is 0 Å². The number of hydrogen-bond acceptors (Lipinski definition) is 3. The summed E-state index contributed by atoms with van der Waals surface area (Å²) >= 11 is 0. The number of carbonyl (C=O) groups excluding carboxylic acids is 1. The van der Waals surface area contributed by atoms with Gasteiger partial charge in [0, 0.05) is 11.9 Å². The summed E-state index contributed by atoms with van der Waals surface area (Å²) in [4.78, 5) is 25.9. The van der Waals surface area contributed by atoms with Crippen molar-refractivity contribution in [2.75, 3.05) is 6.54 Å². The predicted molar refractivity (Wildman–Crippen MR) is 81.9 cm³/mol. The molecule has 22 heavy (non-hydrogen) atoms. The third kappa shape index (κ3) is 2.08. The molecule has 1 amide bonds. The van der Waals surface area contributed by atoms with Crippen LogP contribution in [0.1, 0.15) is 42.6 Å². The molecule has 5 heteroatoms. The van der Waals surface area contributed by atoms with Crippen molar-refractivity contribution >= 4 is 22.8 Å². The fourth-order valence-corrected chi connectivity index (χ4v) is 3.12. The molecule has 1 N–H and O–H groups in total. The van der Waals surface area contributed by atoms with Crippen molar-refractivity contribution in [3.8, 4) is 0 Å². The number of nitrogens with zero attached hydrogens (tertiary/aromatic N) is 1. The van der Waals surface area contributed by atoms with Crippen LogP contribution in [0.25, 0.3) is 11.0 Å². The van der Waals surface area contributed by atoms with E-state index in [1.165, 1.54) is 11.2 Å². The summed E-state index contributed by atoms with van der Waals surface area (Å²) in [6.45, 7) is 4.12. The largest absolute Gasteiger partial charge is 0.480 e. The maximum atomic E-state index is 12.8. The van der Waals surface area contributed by atoms with Crippen LogP contribution in [-0.4, -0.2) is 34.0 Å². The molecule has 116 valence electrons. The van der Waals surface area contributed by atoms with Crippen molar-refractivity contribution in [3.05, 3.63) is 35.6 Å². The number of rotatable bonds is 3. The summed E-state index contributed by atoms with van der Waals surface area (Å²) < 4.78 is 5.46. The summed E-state index contributed by atoms with van der Waals surface area (Å²) in [6, 6.07) is 5.77. The Morgan fingerprint density at radius 3 is 2.86 bits per heavy atom. The minimum absolute atomic E-state index is 0.269. The maximum absolute atomic E-state index is 12.8. The fraction of sp³-hybridized carbons (Fsp3) is 0.412. The van der Waals surface area contributed by atoms with Gasteiger partial charge < -0.3 is 14.4 Å². The number of aryl methyl sites for hydroxylation is 1. The lowest BCUT2D eigenvalue weighted by Crippen LogP contribution is -2.50. The second-order valence-electron chi connectivity index (χ2n) is 5.97. The zero-order chi connectivity index (χ0) is 15.9. The molecular weight excluding hydrogens is 282 g/mol. The third-order valence-corrected chi connectivity index (χ3v) is 4.62. The van der Waals surface area contributed by atoms with Crippen LogP contribution in [0.15, 0.2) is 28.9 Å². The summed E-state index contributed by atoms with van der Waals surface area (Å²) in [6.07, 6.45) is 3.48. The zero-order valence-corrected chi connectivity index (χ0v) is 12.8. The van der Waals surface area contributed by atoms with E-state index in [-0.39, 0.29) is 5.91 Å². The van der Waals surface area contributed by atoms with Gasteiger partial charge in [-0.05, 0) is 43.9 Å². The van der Waals surface area contributed by atoms with Gasteiger partial charge in [-0.15, -0.1) is 0 Å². The van der Waals surface area contributed by atoms with Gasteiger partial charge in [-0.1, -0.05) is 13.0 Å². The van der Waals surface area contributed by atoms with Crippen LogP contribution in [0.2, 0.25) is 0 Å². The Morgan fingerprint density at radius 2 is 2.18 bits per heavy atom. The minimum Gasteiger partial charge on any atom is -0.480 e. The van der Waals surface area contributed by atoms with Crippen molar-refractivity contribution in [3.63, 3.8) is 0 Å². The molecule has 1 atom stereocenters. The molecular formula is C17H19NO4. The van der Waals surface area contributed by atoms with Gasteiger partial charge in [0.2, 0.25) is 0 Å². The Morgan fingerprint density at radius 1 is 1.41 bits per heavy atom. The minimum atomic E-state index is -1.14. The third-order valence-electron chi connectivity index (χ3n) is 4.62. The lowest BCUT2D eigenvalue weighted by molar-refractivity contribution is -0.147. The number of hydrogen-bond donors (Lipinski definition) is 1. The molecule has 5 nitrogen and oxygen atoms in total. The van der Waals surface area contributed by atoms with Crippen LogP contribution in [-0.2, 0) is 11.2 Å². The molecule has 1 aliphatic heterocycles. The molecule has 0 radical (unpaired) electrons. The number of carboxylic acids is 1. The monoisotopic (exact) mass is 301 g/mol. The van der Waals surface area contributed by atoms with Gasteiger partial charge in [-0.2, -0.15) is 0 Å². The Balaban J connectivity index is 2.04. The van der Waals surface area contributed by atoms with E-state index < -0.39 is 11.5 Å². The quantitative estimate of drug-likeness (QED) is 0.945. The zero-order valence-electron chi connectivity index (χ0n) is 12.8. The van der Waals surface area contributed by atoms with E-state index in [4.69, 9.17) is 4.42 Å². The van der Waals surface area contributed by atoms with Gasteiger partial charge in [-0.25, -0.2) is 4.79 Å². The highest BCUT2D eigenvalue weighted by Crippen LogP contribution is 2.33. The number of likely N-dealkylation sites (tertiary alicyclic amines) is 1. The van der Waals surface area contributed by atoms with E-state index in [2.05, 4.69) is 0 Å². The average molecular weight is 301 g/mol. The molecule has 2 aromatic rings. The van der Waals surface area contributed by atoms with Crippen LogP contribution in [0.3, 0.4) is 0 Å². The normalized spacial score (nSPS) is 21.5.